The Bertz CT molecular complexity index is 874. The lowest BCUT2D eigenvalue weighted by atomic mass is 9.99. The highest BCUT2D eigenvalue weighted by molar-refractivity contribution is 5.88. The van der Waals surface area contributed by atoms with E-state index in [1.165, 1.54) is 4.68 Å². The van der Waals surface area contributed by atoms with Gasteiger partial charge in [-0.25, -0.2) is 4.68 Å². The number of aromatic nitrogens is 2. The van der Waals surface area contributed by atoms with Crippen LogP contribution < -0.4 is 5.56 Å². The third kappa shape index (κ3) is 2.77. The smallest absolute Gasteiger partial charge is 0.308 e. The standard InChI is InChI=1S/C17H19N3O4/c1-10-8-20(9-13(10)17(23)24)15(21)7-14-11-5-3-4-6-12(11)16(22)19(2)18-14/h3-6,10,13H,7-9H2,1-2H3,(H,23,24)/t10-,13-/m1/s1. The van der Waals surface area contributed by atoms with Crippen molar-refractivity contribution in [2.75, 3.05) is 13.1 Å². The molecular weight excluding hydrogens is 310 g/mol. The second-order valence-electron chi connectivity index (χ2n) is 6.32. The number of benzene rings is 1. The maximum atomic E-state index is 12.6. The number of carbonyl (C=O) groups is 2. The van der Waals surface area contributed by atoms with E-state index in [2.05, 4.69) is 5.10 Å². The van der Waals surface area contributed by atoms with Gasteiger partial charge in [-0.05, 0) is 12.0 Å². The first kappa shape index (κ1) is 16.2. The normalized spacial score (nSPS) is 20.5. The molecule has 2 aromatic rings. The van der Waals surface area contributed by atoms with Crippen LogP contribution in [-0.2, 0) is 23.1 Å². The molecule has 1 amide bonds. The molecule has 3 rings (SSSR count). The summed E-state index contributed by atoms with van der Waals surface area (Å²) in [7, 11) is 1.56. The summed E-state index contributed by atoms with van der Waals surface area (Å²) >= 11 is 0. The summed E-state index contributed by atoms with van der Waals surface area (Å²) in [6.45, 7) is 2.49. The Morgan fingerprint density at radius 1 is 1.25 bits per heavy atom. The Balaban J connectivity index is 1.88. The monoisotopic (exact) mass is 329 g/mol. The van der Waals surface area contributed by atoms with E-state index in [1.54, 1.807) is 36.2 Å². The number of aliphatic carboxylic acids is 1. The van der Waals surface area contributed by atoms with Crippen LogP contribution in [0.1, 0.15) is 12.6 Å². The number of amides is 1. The first-order chi connectivity index (χ1) is 11.4. The molecule has 1 aromatic carbocycles. The van der Waals surface area contributed by atoms with Gasteiger partial charge in [-0.2, -0.15) is 5.10 Å². The molecule has 1 aliphatic heterocycles. The van der Waals surface area contributed by atoms with Crippen molar-refractivity contribution in [2.24, 2.45) is 18.9 Å². The van der Waals surface area contributed by atoms with Crippen LogP contribution in [0, 0.1) is 11.8 Å². The Hall–Kier alpha value is -2.70. The largest absolute Gasteiger partial charge is 0.481 e. The molecular formula is C17H19N3O4. The average Bonchev–Trinajstić information content (AvgIpc) is 2.94. The molecule has 1 fully saturated rings. The number of carbonyl (C=O) groups excluding carboxylic acids is 1. The number of carboxylic acids is 1. The molecule has 0 unspecified atom stereocenters. The van der Waals surface area contributed by atoms with Crippen LogP contribution in [0.2, 0.25) is 0 Å². The van der Waals surface area contributed by atoms with Crippen LogP contribution in [0.4, 0.5) is 0 Å². The second-order valence-corrected chi connectivity index (χ2v) is 6.32. The zero-order valence-electron chi connectivity index (χ0n) is 13.6. The molecule has 0 radical (unpaired) electrons. The van der Waals surface area contributed by atoms with Gasteiger partial charge < -0.3 is 10.0 Å². The van der Waals surface area contributed by atoms with Crippen LogP contribution in [-0.4, -0.2) is 44.8 Å². The first-order valence-electron chi connectivity index (χ1n) is 7.84. The van der Waals surface area contributed by atoms with E-state index in [4.69, 9.17) is 0 Å². The fourth-order valence-corrected chi connectivity index (χ4v) is 3.25. The van der Waals surface area contributed by atoms with Gasteiger partial charge in [0.1, 0.15) is 0 Å². The highest BCUT2D eigenvalue weighted by atomic mass is 16.4. The number of carboxylic acid groups (broad SMARTS) is 1. The van der Waals surface area contributed by atoms with E-state index >= 15 is 0 Å². The van der Waals surface area contributed by atoms with Crippen LogP contribution in [0.5, 0.6) is 0 Å². The number of hydrogen-bond donors (Lipinski definition) is 1. The van der Waals surface area contributed by atoms with E-state index in [0.29, 0.717) is 23.0 Å². The summed E-state index contributed by atoms with van der Waals surface area (Å²) in [4.78, 5) is 37.5. The predicted molar refractivity (Wildman–Crippen MR) is 87.6 cm³/mol. The van der Waals surface area contributed by atoms with Crippen LogP contribution in [0.25, 0.3) is 10.8 Å². The lowest BCUT2D eigenvalue weighted by Crippen LogP contribution is -2.32. The number of fused-ring (bicyclic) bond motifs is 1. The van der Waals surface area contributed by atoms with E-state index in [-0.39, 0.29) is 30.3 Å². The first-order valence-corrected chi connectivity index (χ1v) is 7.84. The summed E-state index contributed by atoms with van der Waals surface area (Å²) in [6, 6.07) is 7.06. The number of rotatable bonds is 3. The van der Waals surface area contributed by atoms with Gasteiger partial charge in [0.25, 0.3) is 5.56 Å². The van der Waals surface area contributed by atoms with Crippen molar-refractivity contribution in [1.29, 1.82) is 0 Å². The minimum absolute atomic E-state index is 0.0493. The Labute approximate surface area is 138 Å². The minimum atomic E-state index is -0.872. The molecule has 1 N–H and O–H groups in total. The van der Waals surface area contributed by atoms with Crippen molar-refractivity contribution in [1.82, 2.24) is 14.7 Å². The van der Waals surface area contributed by atoms with Crippen molar-refractivity contribution in [3.8, 4) is 0 Å². The molecule has 0 aliphatic carbocycles. The third-order valence-electron chi connectivity index (χ3n) is 4.63. The molecule has 2 heterocycles. The molecule has 2 atom stereocenters. The fraction of sp³-hybridized carbons (Fsp3) is 0.412. The summed E-state index contributed by atoms with van der Waals surface area (Å²) in [5.41, 5.74) is 0.326. The molecule has 1 aliphatic rings. The second kappa shape index (κ2) is 6.07. The molecule has 0 bridgehead atoms. The molecule has 7 nitrogen and oxygen atoms in total. The lowest BCUT2D eigenvalue weighted by Gasteiger charge is -2.16. The van der Waals surface area contributed by atoms with Crippen molar-refractivity contribution in [3.05, 3.63) is 40.3 Å². The fourth-order valence-electron chi connectivity index (χ4n) is 3.25. The van der Waals surface area contributed by atoms with Gasteiger partial charge in [0.2, 0.25) is 5.91 Å². The topological polar surface area (TPSA) is 92.5 Å². The molecule has 126 valence electrons. The molecule has 7 heteroatoms. The number of nitrogens with zero attached hydrogens (tertiary/aromatic N) is 3. The molecule has 0 spiro atoms. The number of likely N-dealkylation sites (tertiary alicyclic amines) is 1. The quantitative estimate of drug-likeness (QED) is 0.893. The van der Waals surface area contributed by atoms with E-state index in [0.717, 1.165) is 0 Å². The van der Waals surface area contributed by atoms with Gasteiger partial charge in [0, 0.05) is 25.5 Å². The van der Waals surface area contributed by atoms with Gasteiger partial charge in [-0.1, -0.05) is 25.1 Å². The Kier molecular flexibility index (Phi) is 4.09. The zero-order valence-corrected chi connectivity index (χ0v) is 13.6. The van der Waals surface area contributed by atoms with Gasteiger partial charge >= 0.3 is 5.97 Å². The third-order valence-corrected chi connectivity index (χ3v) is 4.63. The van der Waals surface area contributed by atoms with Crippen molar-refractivity contribution < 1.29 is 14.7 Å². The van der Waals surface area contributed by atoms with E-state index in [1.807, 2.05) is 6.92 Å². The van der Waals surface area contributed by atoms with Crippen molar-refractivity contribution in [2.45, 2.75) is 13.3 Å². The zero-order chi connectivity index (χ0) is 17.4. The summed E-state index contributed by atoms with van der Waals surface area (Å²) in [5, 5.41) is 14.6. The maximum Gasteiger partial charge on any atom is 0.308 e. The minimum Gasteiger partial charge on any atom is -0.481 e. The van der Waals surface area contributed by atoms with Crippen LogP contribution >= 0.6 is 0 Å². The van der Waals surface area contributed by atoms with E-state index in [9.17, 15) is 19.5 Å². The Morgan fingerprint density at radius 2 is 1.92 bits per heavy atom. The molecule has 1 aromatic heterocycles. The lowest BCUT2D eigenvalue weighted by molar-refractivity contribution is -0.142. The van der Waals surface area contributed by atoms with Gasteiger partial charge in [0.05, 0.1) is 23.4 Å². The van der Waals surface area contributed by atoms with Gasteiger partial charge in [-0.3, -0.25) is 14.4 Å². The molecule has 24 heavy (non-hydrogen) atoms. The van der Waals surface area contributed by atoms with Gasteiger partial charge in [-0.15, -0.1) is 0 Å². The maximum absolute atomic E-state index is 12.6. The number of hydrogen-bond acceptors (Lipinski definition) is 4. The summed E-state index contributed by atoms with van der Waals surface area (Å²) in [6.07, 6.45) is 0.0493. The number of aryl methyl sites for hydroxylation is 1. The Morgan fingerprint density at radius 3 is 2.54 bits per heavy atom. The van der Waals surface area contributed by atoms with Crippen LogP contribution in [0.3, 0.4) is 0 Å². The predicted octanol–water partition coefficient (Wildman–Crippen LogP) is 0.655. The summed E-state index contributed by atoms with van der Waals surface area (Å²) < 4.78 is 1.23. The highest BCUT2D eigenvalue weighted by Gasteiger charge is 2.37. The molecule has 0 saturated carbocycles. The van der Waals surface area contributed by atoms with Crippen LogP contribution in [0.15, 0.2) is 29.1 Å². The summed E-state index contributed by atoms with van der Waals surface area (Å²) in [5.74, 6) is -1.64. The molecule has 1 saturated heterocycles. The average molecular weight is 329 g/mol. The van der Waals surface area contributed by atoms with Gasteiger partial charge in [0.15, 0.2) is 0 Å². The van der Waals surface area contributed by atoms with Crippen molar-refractivity contribution >= 4 is 22.6 Å². The highest BCUT2D eigenvalue weighted by Crippen LogP contribution is 2.24. The van der Waals surface area contributed by atoms with Crippen molar-refractivity contribution in [3.63, 3.8) is 0 Å². The SMILES string of the molecule is C[C@@H]1CN(C(=O)Cc2nn(C)c(=O)c3ccccc23)C[C@H]1C(=O)O. The van der Waals surface area contributed by atoms with E-state index < -0.39 is 11.9 Å².